The van der Waals surface area contributed by atoms with Gasteiger partial charge in [0.2, 0.25) is 0 Å². The first-order valence-corrected chi connectivity index (χ1v) is 9.11. The Morgan fingerprint density at radius 2 is 1.88 bits per heavy atom. The maximum Gasteiger partial charge on any atom is 0.410 e. The van der Waals surface area contributed by atoms with E-state index in [0.717, 1.165) is 18.5 Å². The highest BCUT2D eigenvalue weighted by atomic mass is 79.9. The summed E-state index contributed by atoms with van der Waals surface area (Å²) in [6.45, 7) is 6.89. The number of carbonyl (C=O) groups is 2. The Balaban J connectivity index is 1.92. The number of amides is 1. The lowest BCUT2D eigenvalue weighted by Crippen LogP contribution is -2.44. The second kappa shape index (κ2) is 8.08. The number of nitrogens with one attached hydrogen (secondary N) is 1. The Hall–Kier alpha value is -1.76. The monoisotopic (exact) mass is 412 g/mol. The van der Waals surface area contributed by atoms with Gasteiger partial charge in [-0.25, -0.2) is 9.59 Å². The predicted octanol–water partition coefficient (Wildman–Crippen LogP) is 4.05. The zero-order chi connectivity index (χ0) is 18.6. The lowest BCUT2D eigenvalue weighted by molar-refractivity contribution is 0.0210. The van der Waals surface area contributed by atoms with E-state index in [0.29, 0.717) is 23.1 Å². The normalized spacial score (nSPS) is 15.6. The van der Waals surface area contributed by atoms with E-state index in [1.54, 1.807) is 11.0 Å². The molecule has 0 aromatic heterocycles. The molecule has 1 aromatic carbocycles. The molecule has 1 fully saturated rings. The number of anilines is 1. The Morgan fingerprint density at radius 3 is 2.44 bits per heavy atom. The van der Waals surface area contributed by atoms with Gasteiger partial charge in [0.25, 0.3) is 0 Å². The number of piperidine rings is 1. The molecule has 0 spiro atoms. The minimum Gasteiger partial charge on any atom is -0.465 e. The van der Waals surface area contributed by atoms with E-state index in [9.17, 15) is 9.59 Å². The number of benzene rings is 1. The Morgan fingerprint density at radius 1 is 1.24 bits per heavy atom. The van der Waals surface area contributed by atoms with Crippen molar-refractivity contribution in [3.8, 4) is 0 Å². The molecule has 1 aliphatic rings. The third-order valence-corrected chi connectivity index (χ3v) is 4.58. The van der Waals surface area contributed by atoms with Crippen molar-refractivity contribution < 1.29 is 19.1 Å². The van der Waals surface area contributed by atoms with Gasteiger partial charge in [0.1, 0.15) is 5.60 Å². The second-order valence-electron chi connectivity index (χ2n) is 7.07. The number of halogens is 1. The number of carbonyl (C=O) groups excluding carboxylic acids is 2. The highest BCUT2D eigenvalue weighted by Crippen LogP contribution is 2.24. The maximum absolute atomic E-state index is 12.1. The van der Waals surface area contributed by atoms with Crippen LogP contribution in [0.15, 0.2) is 22.7 Å². The maximum atomic E-state index is 12.1. The van der Waals surface area contributed by atoms with E-state index in [4.69, 9.17) is 9.47 Å². The SMILES string of the molecule is COC(=O)c1cc(NC2CCN(C(=O)OC(C)(C)C)CC2)ccc1Br. The fraction of sp³-hybridized carbons (Fsp3) is 0.556. The minimum absolute atomic E-state index is 0.241. The minimum atomic E-state index is -0.478. The van der Waals surface area contributed by atoms with Gasteiger partial charge in [-0.1, -0.05) is 0 Å². The van der Waals surface area contributed by atoms with Gasteiger partial charge in [0.15, 0.2) is 0 Å². The standard InChI is InChI=1S/C18H25BrN2O4/c1-18(2,3)25-17(23)21-9-7-12(8-10-21)20-13-5-6-15(19)14(11-13)16(22)24-4/h5-6,11-12,20H,7-10H2,1-4H3. The van der Waals surface area contributed by atoms with Gasteiger partial charge in [0.05, 0.1) is 12.7 Å². The van der Waals surface area contributed by atoms with E-state index in [-0.39, 0.29) is 18.1 Å². The molecule has 1 amide bonds. The molecule has 138 valence electrons. The van der Waals surface area contributed by atoms with Gasteiger partial charge in [-0.15, -0.1) is 0 Å². The molecule has 0 bridgehead atoms. The number of methoxy groups -OCH3 is 1. The molecule has 0 aliphatic carbocycles. The molecular formula is C18H25BrN2O4. The van der Waals surface area contributed by atoms with Crippen LogP contribution in [0.4, 0.5) is 10.5 Å². The highest BCUT2D eigenvalue weighted by Gasteiger charge is 2.27. The summed E-state index contributed by atoms with van der Waals surface area (Å²) in [5.74, 6) is -0.379. The van der Waals surface area contributed by atoms with Crippen LogP contribution in [-0.4, -0.2) is 48.8 Å². The fourth-order valence-corrected chi connectivity index (χ4v) is 3.06. The molecule has 0 radical (unpaired) electrons. The van der Waals surface area contributed by atoms with Crippen LogP contribution in [0.3, 0.4) is 0 Å². The third kappa shape index (κ3) is 5.63. The number of likely N-dealkylation sites (tertiary alicyclic amines) is 1. The molecule has 1 aromatic rings. The van der Waals surface area contributed by atoms with Gasteiger partial charge in [-0.05, 0) is 67.7 Å². The van der Waals surface area contributed by atoms with Crippen LogP contribution >= 0.6 is 15.9 Å². The van der Waals surface area contributed by atoms with Crippen molar-refractivity contribution in [2.45, 2.75) is 45.3 Å². The van der Waals surface area contributed by atoms with Gasteiger partial charge in [-0.3, -0.25) is 0 Å². The first-order valence-electron chi connectivity index (χ1n) is 8.32. The smallest absolute Gasteiger partial charge is 0.410 e. The van der Waals surface area contributed by atoms with E-state index in [2.05, 4.69) is 21.2 Å². The number of esters is 1. The molecule has 0 unspecified atom stereocenters. The molecule has 0 atom stereocenters. The van der Waals surface area contributed by atoms with Crippen LogP contribution in [0.1, 0.15) is 44.0 Å². The van der Waals surface area contributed by atoms with Crippen LogP contribution in [0.25, 0.3) is 0 Å². The summed E-state index contributed by atoms with van der Waals surface area (Å²) in [7, 11) is 1.36. The van der Waals surface area contributed by atoms with Crippen molar-refractivity contribution in [2.75, 3.05) is 25.5 Å². The molecule has 1 heterocycles. The van der Waals surface area contributed by atoms with Crippen molar-refractivity contribution in [1.82, 2.24) is 4.90 Å². The van der Waals surface area contributed by atoms with Crippen molar-refractivity contribution in [3.63, 3.8) is 0 Å². The number of ether oxygens (including phenoxy) is 2. The molecule has 0 saturated carbocycles. The Labute approximate surface area is 157 Å². The molecule has 1 N–H and O–H groups in total. The number of rotatable bonds is 3. The topological polar surface area (TPSA) is 67.9 Å². The van der Waals surface area contributed by atoms with Gasteiger partial charge < -0.3 is 19.7 Å². The second-order valence-corrected chi connectivity index (χ2v) is 7.93. The van der Waals surface area contributed by atoms with Crippen molar-refractivity contribution in [1.29, 1.82) is 0 Å². The van der Waals surface area contributed by atoms with Crippen LogP contribution in [0.5, 0.6) is 0 Å². The zero-order valence-electron chi connectivity index (χ0n) is 15.1. The molecule has 7 heteroatoms. The first kappa shape index (κ1) is 19.6. The lowest BCUT2D eigenvalue weighted by atomic mass is 10.0. The van der Waals surface area contributed by atoms with Gasteiger partial charge in [-0.2, -0.15) is 0 Å². The van der Waals surface area contributed by atoms with Crippen LogP contribution in [0, 0.1) is 0 Å². The average molecular weight is 413 g/mol. The molecule has 1 aliphatic heterocycles. The number of nitrogens with zero attached hydrogens (tertiary/aromatic N) is 1. The van der Waals surface area contributed by atoms with Gasteiger partial charge in [0, 0.05) is 29.3 Å². The zero-order valence-corrected chi connectivity index (χ0v) is 16.7. The molecule has 6 nitrogen and oxygen atoms in total. The largest absolute Gasteiger partial charge is 0.465 e. The summed E-state index contributed by atoms with van der Waals surface area (Å²) in [5, 5.41) is 3.43. The summed E-state index contributed by atoms with van der Waals surface area (Å²) in [4.78, 5) is 25.6. The van der Waals surface area contributed by atoms with E-state index >= 15 is 0 Å². The summed E-state index contributed by atoms with van der Waals surface area (Å²) in [5.41, 5.74) is 0.867. The molecule has 1 saturated heterocycles. The molecular weight excluding hydrogens is 388 g/mol. The first-order chi connectivity index (χ1) is 11.7. The highest BCUT2D eigenvalue weighted by molar-refractivity contribution is 9.10. The Kier molecular flexibility index (Phi) is 6.32. The summed E-state index contributed by atoms with van der Waals surface area (Å²) in [6.07, 6.45) is 1.38. The lowest BCUT2D eigenvalue weighted by Gasteiger charge is -2.34. The summed E-state index contributed by atoms with van der Waals surface area (Å²) < 4.78 is 10.9. The third-order valence-electron chi connectivity index (χ3n) is 3.89. The van der Waals surface area contributed by atoms with E-state index in [1.165, 1.54) is 7.11 Å². The number of hydrogen-bond donors (Lipinski definition) is 1. The summed E-state index contributed by atoms with van der Waals surface area (Å²) >= 11 is 3.36. The summed E-state index contributed by atoms with van der Waals surface area (Å²) in [6, 6.07) is 5.75. The van der Waals surface area contributed by atoms with Crippen molar-refractivity contribution in [2.24, 2.45) is 0 Å². The Bertz CT molecular complexity index is 634. The molecule has 2 rings (SSSR count). The van der Waals surface area contributed by atoms with E-state index in [1.807, 2.05) is 32.9 Å². The predicted molar refractivity (Wildman–Crippen MR) is 99.9 cm³/mol. The average Bonchev–Trinajstić information content (AvgIpc) is 2.55. The van der Waals surface area contributed by atoms with Crippen molar-refractivity contribution >= 4 is 33.7 Å². The van der Waals surface area contributed by atoms with Crippen LogP contribution < -0.4 is 5.32 Å². The van der Waals surface area contributed by atoms with Crippen LogP contribution in [0.2, 0.25) is 0 Å². The van der Waals surface area contributed by atoms with E-state index < -0.39 is 5.60 Å². The fourth-order valence-electron chi connectivity index (χ4n) is 2.65. The quantitative estimate of drug-likeness (QED) is 0.758. The van der Waals surface area contributed by atoms with Gasteiger partial charge >= 0.3 is 12.1 Å². The van der Waals surface area contributed by atoms with Crippen LogP contribution in [-0.2, 0) is 9.47 Å². The molecule has 25 heavy (non-hydrogen) atoms. The van der Waals surface area contributed by atoms with Crippen molar-refractivity contribution in [3.05, 3.63) is 28.2 Å². The number of hydrogen-bond acceptors (Lipinski definition) is 5.